The minimum Gasteiger partial charge on any atom is -0.454 e. The highest BCUT2D eigenvalue weighted by atomic mass is 16.7. The molecule has 28 heavy (non-hydrogen) atoms. The second-order valence-electron chi connectivity index (χ2n) is 7.26. The fourth-order valence-electron chi connectivity index (χ4n) is 3.61. The van der Waals surface area contributed by atoms with E-state index in [1.807, 2.05) is 42.2 Å². The van der Waals surface area contributed by atoms with E-state index in [-0.39, 0.29) is 18.6 Å². The Bertz CT molecular complexity index is 903. The number of carbonyl (C=O) groups is 2. The summed E-state index contributed by atoms with van der Waals surface area (Å²) in [5, 5.41) is 2.95. The quantitative estimate of drug-likeness (QED) is 0.862. The molecule has 0 radical (unpaired) electrons. The van der Waals surface area contributed by atoms with Gasteiger partial charge in [-0.15, -0.1) is 0 Å². The zero-order chi connectivity index (χ0) is 19.5. The molecule has 6 heteroatoms. The summed E-state index contributed by atoms with van der Waals surface area (Å²) in [6, 6.07) is 11.2. The number of ether oxygens (including phenoxy) is 2. The Kier molecular flexibility index (Phi) is 5.19. The molecule has 1 N–H and O–H groups in total. The fourth-order valence-corrected chi connectivity index (χ4v) is 3.61. The van der Waals surface area contributed by atoms with Crippen molar-refractivity contribution in [1.82, 2.24) is 4.90 Å². The number of nitrogens with zero attached hydrogens (tertiary/aromatic N) is 1. The average Bonchev–Trinajstić information content (AvgIpc) is 3.38. The third-order valence-electron chi connectivity index (χ3n) is 5.22. The van der Waals surface area contributed by atoms with E-state index in [1.165, 1.54) is 0 Å². The Morgan fingerprint density at radius 2 is 1.82 bits per heavy atom. The van der Waals surface area contributed by atoms with Gasteiger partial charge in [0.25, 0.3) is 5.91 Å². The van der Waals surface area contributed by atoms with Crippen molar-refractivity contribution in [2.24, 2.45) is 0 Å². The van der Waals surface area contributed by atoms with E-state index in [1.54, 1.807) is 6.07 Å². The summed E-state index contributed by atoms with van der Waals surface area (Å²) in [5.41, 5.74) is 3.34. The summed E-state index contributed by atoms with van der Waals surface area (Å²) < 4.78 is 10.7. The molecule has 1 fully saturated rings. The molecule has 2 heterocycles. The molecule has 0 aliphatic carbocycles. The molecule has 1 saturated heterocycles. The van der Waals surface area contributed by atoms with E-state index in [4.69, 9.17) is 9.47 Å². The normalized spacial score (nSPS) is 15.0. The molecule has 0 atom stereocenters. The first-order valence-electron chi connectivity index (χ1n) is 9.68. The zero-order valence-electron chi connectivity index (χ0n) is 16.0. The molecule has 2 aliphatic heterocycles. The Balaban J connectivity index is 1.34. The van der Waals surface area contributed by atoms with E-state index >= 15 is 0 Å². The molecule has 0 aromatic heterocycles. The van der Waals surface area contributed by atoms with Crippen LogP contribution in [-0.4, -0.2) is 36.6 Å². The number of benzene rings is 2. The van der Waals surface area contributed by atoms with Gasteiger partial charge in [0.15, 0.2) is 11.5 Å². The topological polar surface area (TPSA) is 67.9 Å². The molecule has 2 aromatic carbocycles. The van der Waals surface area contributed by atoms with Crippen LogP contribution in [0, 0.1) is 6.92 Å². The number of hydrogen-bond donors (Lipinski definition) is 1. The predicted octanol–water partition coefficient (Wildman–Crippen LogP) is 3.53. The summed E-state index contributed by atoms with van der Waals surface area (Å²) in [6.07, 6.45) is 3.13. The molecule has 2 aromatic rings. The van der Waals surface area contributed by atoms with E-state index in [0.29, 0.717) is 18.4 Å². The lowest BCUT2D eigenvalue weighted by molar-refractivity contribution is -0.116. The summed E-state index contributed by atoms with van der Waals surface area (Å²) in [7, 11) is 0. The van der Waals surface area contributed by atoms with Gasteiger partial charge in [-0.05, 0) is 67.6 Å². The van der Waals surface area contributed by atoms with Crippen LogP contribution in [0.25, 0.3) is 0 Å². The van der Waals surface area contributed by atoms with Crippen molar-refractivity contribution in [3.8, 4) is 11.5 Å². The number of rotatable bonds is 5. The molecule has 0 spiro atoms. The maximum Gasteiger partial charge on any atom is 0.253 e. The monoisotopic (exact) mass is 380 g/mol. The average molecular weight is 380 g/mol. The van der Waals surface area contributed by atoms with E-state index in [2.05, 4.69) is 5.32 Å². The van der Waals surface area contributed by atoms with Crippen molar-refractivity contribution in [3.05, 3.63) is 53.1 Å². The third kappa shape index (κ3) is 3.96. The summed E-state index contributed by atoms with van der Waals surface area (Å²) in [4.78, 5) is 26.7. The second kappa shape index (κ2) is 7.92. The summed E-state index contributed by atoms with van der Waals surface area (Å²) in [6.45, 7) is 3.81. The minimum absolute atomic E-state index is 0.0561. The van der Waals surface area contributed by atoms with Crippen molar-refractivity contribution >= 4 is 17.5 Å². The number of anilines is 1. The smallest absolute Gasteiger partial charge is 0.253 e. The van der Waals surface area contributed by atoms with Crippen molar-refractivity contribution in [2.45, 2.75) is 32.6 Å². The Morgan fingerprint density at radius 3 is 2.61 bits per heavy atom. The lowest BCUT2D eigenvalue weighted by Crippen LogP contribution is -2.27. The minimum atomic E-state index is -0.0561. The lowest BCUT2D eigenvalue weighted by atomic mass is 10.1. The van der Waals surface area contributed by atoms with Crippen LogP contribution in [0.15, 0.2) is 36.4 Å². The van der Waals surface area contributed by atoms with Gasteiger partial charge in [0.2, 0.25) is 12.7 Å². The van der Waals surface area contributed by atoms with Crippen LogP contribution in [0.4, 0.5) is 5.69 Å². The maximum absolute atomic E-state index is 12.5. The van der Waals surface area contributed by atoms with Gasteiger partial charge >= 0.3 is 0 Å². The van der Waals surface area contributed by atoms with Gasteiger partial charge in [-0.3, -0.25) is 9.59 Å². The molecule has 0 unspecified atom stereocenters. The first kappa shape index (κ1) is 18.3. The maximum atomic E-state index is 12.5. The van der Waals surface area contributed by atoms with Gasteiger partial charge in [0.05, 0.1) is 0 Å². The van der Waals surface area contributed by atoms with Gasteiger partial charge in [0, 0.05) is 30.8 Å². The molecular weight excluding hydrogens is 356 g/mol. The van der Waals surface area contributed by atoms with Crippen LogP contribution in [0.3, 0.4) is 0 Å². The molecule has 2 amide bonds. The Labute approximate surface area is 164 Å². The number of nitrogens with one attached hydrogen (secondary N) is 1. The van der Waals surface area contributed by atoms with Crippen molar-refractivity contribution in [2.75, 3.05) is 25.2 Å². The molecule has 4 rings (SSSR count). The van der Waals surface area contributed by atoms with Crippen LogP contribution < -0.4 is 14.8 Å². The van der Waals surface area contributed by atoms with Crippen LogP contribution in [-0.2, 0) is 11.2 Å². The number of aryl methyl sites for hydroxylation is 2. The lowest BCUT2D eigenvalue weighted by Gasteiger charge is -2.16. The van der Waals surface area contributed by atoms with E-state index < -0.39 is 0 Å². The van der Waals surface area contributed by atoms with Crippen molar-refractivity contribution < 1.29 is 19.1 Å². The van der Waals surface area contributed by atoms with Gasteiger partial charge in [0.1, 0.15) is 0 Å². The summed E-state index contributed by atoms with van der Waals surface area (Å²) in [5.74, 6) is 1.49. The highest BCUT2D eigenvalue weighted by Gasteiger charge is 2.20. The standard InChI is InChI=1S/C22H24N2O4/c1-15-12-17(22(26)24-10-2-3-11-24)6-7-18(15)23-21(25)9-5-16-4-8-19-20(13-16)28-14-27-19/h4,6-8,12-13H,2-3,5,9-11,14H2,1H3,(H,23,25). The predicted molar refractivity (Wildman–Crippen MR) is 106 cm³/mol. The second-order valence-corrected chi connectivity index (χ2v) is 7.26. The zero-order valence-corrected chi connectivity index (χ0v) is 16.0. The molecule has 146 valence electrons. The molecular formula is C22H24N2O4. The van der Waals surface area contributed by atoms with Gasteiger partial charge in [-0.25, -0.2) is 0 Å². The number of hydrogen-bond acceptors (Lipinski definition) is 4. The fraction of sp³-hybridized carbons (Fsp3) is 0.364. The molecule has 0 bridgehead atoms. The number of amides is 2. The third-order valence-corrected chi connectivity index (χ3v) is 5.22. The molecule has 0 saturated carbocycles. The van der Waals surface area contributed by atoms with E-state index in [0.717, 1.165) is 54.2 Å². The number of carbonyl (C=O) groups excluding carboxylic acids is 2. The van der Waals surface area contributed by atoms with Gasteiger partial charge in [-0.2, -0.15) is 0 Å². The van der Waals surface area contributed by atoms with Gasteiger partial charge in [-0.1, -0.05) is 6.07 Å². The van der Waals surface area contributed by atoms with E-state index in [9.17, 15) is 9.59 Å². The first-order valence-corrected chi connectivity index (χ1v) is 9.68. The van der Waals surface area contributed by atoms with Crippen LogP contribution in [0.5, 0.6) is 11.5 Å². The van der Waals surface area contributed by atoms with Gasteiger partial charge < -0.3 is 19.7 Å². The SMILES string of the molecule is Cc1cc(C(=O)N2CCCC2)ccc1NC(=O)CCc1ccc2c(c1)OCO2. The van der Waals surface area contributed by atoms with Crippen LogP contribution in [0.2, 0.25) is 0 Å². The first-order chi connectivity index (χ1) is 13.6. The molecule has 2 aliphatic rings. The largest absolute Gasteiger partial charge is 0.454 e. The Morgan fingerprint density at radius 1 is 1.04 bits per heavy atom. The number of fused-ring (bicyclic) bond motifs is 1. The molecule has 6 nitrogen and oxygen atoms in total. The summed E-state index contributed by atoms with van der Waals surface area (Å²) >= 11 is 0. The van der Waals surface area contributed by atoms with Crippen LogP contribution in [0.1, 0.15) is 40.7 Å². The van der Waals surface area contributed by atoms with Crippen molar-refractivity contribution in [1.29, 1.82) is 0 Å². The number of likely N-dealkylation sites (tertiary alicyclic amines) is 1. The Hall–Kier alpha value is -3.02. The highest BCUT2D eigenvalue weighted by molar-refractivity contribution is 5.96. The highest BCUT2D eigenvalue weighted by Crippen LogP contribution is 2.32. The van der Waals surface area contributed by atoms with Crippen molar-refractivity contribution in [3.63, 3.8) is 0 Å². The van der Waals surface area contributed by atoms with Crippen LogP contribution >= 0.6 is 0 Å².